The maximum atomic E-state index is 11.9. The van der Waals surface area contributed by atoms with Gasteiger partial charge in [0.25, 0.3) is 0 Å². The number of amides is 1. The number of anilines is 1. The average molecular weight is 262 g/mol. The van der Waals surface area contributed by atoms with Gasteiger partial charge in [0.2, 0.25) is 5.91 Å². The molecule has 1 amide bonds. The predicted octanol–water partition coefficient (Wildman–Crippen LogP) is 2.47. The molecule has 0 saturated heterocycles. The molecule has 0 unspecified atom stereocenters. The van der Waals surface area contributed by atoms with Gasteiger partial charge in [-0.15, -0.1) is 0 Å². The molecule has 1 saturated carbocycles. The van der Waals surface area contributed by atoms with Gasteiger partial charge in [0.05, 0.1) is 6.10 Å². The van der Waals surface area contributed by atoms with E-state index in [1.165, 1.54) is 0 Å². The second kappa shape index (κ2) is 6.06. The number of nitrogens with one attached hydrogen (secondary N) is 2. The summed E-state index contributed by atoms with van der Waals surface area (Å²) in [5.74, 6) is 0.0627. The molecule has 1 aliphatic rings. The SMILES string of the molecule is CO[C@@H](C)c1cccc(N[C@H](C)C(=O)NC2CC2)c1. The molecule has 0 bridgehead atoms. The van der Waals surface area contributed by atoms with Crippen molar-refractivity contribution in [2.45, 2.75) is 44.9 Å². The fourth-order valence-corrected chi connectivity index (χ4v) is 1.89. The van der Waals surface area contributed by atoms with Gasteiger partial charge in [-0.05, 0) is 44.4 Å². The zero-order valence-electron chi connectivity index (χ0n) is 11.8. The Balaban J connectivity index is 1.95. The maximum Gasteiger partial charge on any atom is 0.242 e. The number of ether oxygens (including phenoxy) is 1. The molecule has 0 radical (unpaired) electrons. The van der Waals surface area contributed by atoms with Gasteiger partial charge in [-0.1, -0.05) is 12.1 Å². The van der Waals surface area contributed by atoms with E-state index in [0.29, 0.717) is 6.04 Å². The summed E-state index contributed by atoms with van der Waals surface area (Å²) in [5, 5.41) is 6.22. The van der Waals surface area contributed by atoms with Crippen molar-refractivity contribution >= 4 is 11.6 Å². The molecule has 4 heteroatoms. The van der Waals surface area contributed by atoms with Crippen molar-refractivity contribution in [3.05, 3.63) is 29.8 Å². The predicted molar refractivity (Wildman–Crippen MR) is 76.1 cm³/mol. The monoisotopic (exact) mass is 262 g/mol. The quantitative estimate of drug-likeness (QED) is 0.828. The molecule has 1 aromatic carbocycles. The minimum Gasteiger partial charge on any atom is -0.377 e. The zero-order chi connectivity index (χ0) is 13.8. The number of benzene rings is 1. The number of hydrogen-bond acceptors (Lipinski definition) is 3. The van der Waals surface area contributed by atoms with Crippen LogP contribution in [0.4, 0.5) is 5.69 Å². The van der Waals surface area contributed by atoms with Gasteiger partial charge >= 0.3 is 0 Å². The third kappa shape index (κ3) is 3.96. The highest BCUT2D eigenvalue weighted by atomic mass is 16.5. The third-order valence-electron chi connectivity index (χ3n) is 3.41. The second-order valence-electron chi connectivity index (χ2n) is 5.15. The van der Waals surface area contributed by atoms with Crippen molar-refractivity contribution in [1.29, 1.82) is 0 Å². The van der Waals surface area contributed by atoms with Crippen LogP contribution < -0.4 is 10.6 Å². The van der Waals surface area contributed by atoms with E-state index >= 15 is 0 Å². The fourth-order valence-electron chi connectivity index (χ4n) is 1.89. The molecule has 2 N–H and O–H groups in total. The van der Waals surface area contributed by atoms with Gasteiger partial charge in [-0.2, -0.15) is 0 Å². The van der Waals surface area contributed by atoms with Crippen LogP contribution in [-0.4, -0.2) is 25.1 Å². The van der Waals surface area contributed by atoms with Gasteiger partial charge < -0.3 is 15.4 Å². The maximum absolute atomic E-state index is 11.9. The molecule has 0 heterocycles. The van der Waals surface area contributed by atoms with Crippen molar-refractivity contribution in [2.24, 2.45) is 0 Å². The highest BCUT2D eigenvalue weighted by Crippen LogP contribution is 2.21. The van der Waals surface area contributed by atoms with E-state index in [4.69, 9.17) is 4.74 Å². The summed E-state index contributed by atoms with van der Waals surface area (Å²) in [7, 11) is 1.69. The molecule has 0 aromatic heterocycles. The molecule has 0 spiro atoms. The van der Waals surface area contributed by atoms with Gasteiger partial charge in [0.15, 0.2) is 0 Å². The number of hydrogen-bond donors (Lipinski definition) is 2. The normalized spacial score (nSPS) is 17.6. The summed E-state index contributed by atoms with van der Waals surface area (Å²) >= 11 is 0. The van der Waals surface area contributed by atoms with Crippen LogP contribution in [0.25, 0.3) is 0 Å². The lowest BCUT2D eigenvalue weighted by Gasteiger charge is -2.17. The number of carbonyl (C=O) groups is 1. The van der Waals surface area contributed by atoms with Crippen molar-refractivity contribution < 1.29 is 9.53 Å². The zero-order valence-corrected chi connectivity index (χ0v) is 11.8. The topological polar surface area (TPSA) is 50.4 Å². The Morgan fingerprint density at radius 2 is 2.11 bits per heavy atom. The van der Waals surface area contributed by atoms with Crippen LogP contribution in [0.3, 0.4) is 0 Å². The minimum absolute atomic E-state index is 0.0531. The summed E-state index contributed by atoms with van der Waals surface area (Å²) in [6.07, 6.45) is 2.27. The van der Waals surface area contributed by atoms with Crippen molar-refractivity contribution in [2.75, 3.05) is 12.4 Å². The van der Waals surface area contributed by atoms with E-state index in [9.17, 15) is 4.79 Å². The van der Waals surface area contributed by atoms with Crippen molar-refractivity contribution in [3.8, 4) is 0 Å². The van der Waals surface area contributed by atoms with Crippen LogP contribution in [0.2, 0.25) is 0 Å². The van der Waals surface area contributed by atoms with E-state index in [1.807, 2.05) is 38.1 Å². The Morgan fingerprint density at radius 3 is 2.74 bits per heavy atom. The lowest BCUT2D eigenvalue weighted by Crippen LogP contribution is -2.38. The Hall–Kier alpha value is -1.55. The summed E-state index contributed by atoms with van der Waals surface area (Å²) in [6, 6.07) is 8.15. The smallest absolute Gasteiger partial charge is 0.242 e. The van der Waals surface area contributed by atoms with E-state index < -0.39 is 0 Å². The van der Waals surface area contributed by atoms with E-state index in [-0.39, 0.29) is 18.1 Å². The molecule has 19 heavy (non-hydrogen) atoms. The lowest BCUT2D eigenvalue weighted by molar-refractivity contribution is -0.121. The average Bonchev–Trinajstić information content (AvgIpc) is 3.22. The number of carbonyl (C=O) groups excluding carboxylic acids is 1. The first-order valence-electron chi connectivity index (χ1n) is 6.80. The van der Waals surface area contributed by atoms with Crippen LogP contribution in [0, 0.1) is 0 Å². The van der Waals surface area contributed by atoms with E-state index in [1.54, 1.807) is 7.11 Å². The largest absolute Gasteiger partial charge is 0.377 e. The first kappa shape index (κ1) is 13.9. The first-order valence-corrected chi connectivity index (χ1v) is 6.80. The van der Waals surface area contributed by atoms with Gasteiger partial charge in [0.1, 0.15) is 6.04 Å². The highest BCUT2D eigenvalue weighted by molar-refractivity contribution is 5.84. The van der Waals surface area contributed by atoms with Crippen molar-refractivity contribution in [3.63, 3.8) is 0 Å². The van der Waals surface area contributed by atoms with Crippen LogP contribution in [0.5, 0.6) is 0 Å². The first-order chi connectivity index (χ1) is 9.10. The minimum atomic E-state index is -0.228. The standard InChI is InChI=1S/C15H22N2O2/c1-10(15(18)17-13-7-8-13)16-14-6-4-5-12(9-14)11(2)19-3/h4-6,9-11,13,16H,7-8H2,1-3H3,(H,17,18)/t10-,11+/m1/s1. The Labute approximate surface area is 114 Å². The highest BCUT2D eigenvalue weighted by Gasteiger charge is 2.25. The van der Waals surface area contributed by atoms with E-state index in [2.05, 4.69) is 10.6 Å². The summed E-state index contributed by atoms with van der Waals surface area (Å²) in [5.41, 5.74) is 2.04. The van der Waals surface area contributed by atoms with E-state index in [0.717, 1.165) is 24.1 Å². The molecular formula is C15H22N2O2. The Kier molecular flexibility index (Phi) is 4.43. The van der Waals surface area contributed by atoms with Crippen LogP contribution >= 0.6 is 0 Å². The Bertz CT molecular complexity index is 444. The molecule has 0 aliphatic heterocycles. The molecular weight excluding hydrogens is 240 g/mol. The fraction of sp³-hybridized carbons (Fsp3) is 0.533. The molecule has 2 rings (SSSR count). The van der Waals surface area contributed by atoms with Crippen LogP contribution in [-0.2, 0) is 9.53 Å². The summed E-state index contributed by atoms with van der Waals surface area (Å²) in [4.78, 5) is 11.9. The van der Waals surface area contributed by atoms with Crippen LogP contribution in [0.15, 0.2) is 24.3 Å². The lowest BCUT2D eigenvalue weighted by atomic mass is 10.1. The molecule has 104 valence electrons. The van der Waals surface area contributed by atoms with Gasteiger partial charge in [0, 0.05) is 18.8 Å². The molecule has 2 atom stereocenters. The van der Waals surface area contributed by atoms with Gasteiger partial charge in [-0.25, -0.2) is 0 Å². The summed E-state index contributed by atoms with van der Waals surface area (Å²) < 4.78 is 5.30. The molecule has 1 aliphatic carbocycles. The van der Waals surface area contributed by atoms with Crippen molar-refractivity contribution in [1.82, 2.24) is 5.32 Å². The third-order valence-corrected chi connectivity index (χ3v) is 3.41. The molecule has 1 aromatic rings. The van der Waals surface area contributed by atoms with Crippen LogP contribution in [0.1, 0.15) is 38.4 Å². The van der Waals surface area contributed by atoms with Gasteiger partial charge in [-0.3, -0.25) is 4.79 Å². The molecule has 4 nitrogen and oxygen atoms in total. The number of methoxy groups -OCH3 is 1. The number of rotatable bonds is 6. The second-order valence-corrected chi connectivity index (χ2v) is 5.15. The summed E-state index contributed by atoms with van der Waals surface area (Å²) in [6.45, 7) is 3.88. The Morgan fingerprint density at radius 1 is 1.37 bits per heavy atom. The molecule has 1 fully saturated rings.